The number of aryl methyl sites for hydroxylation is 1. The fraction of sp³-hybridized carbons (Fsp3) is 0.467. The van der Waals surface area contributed by atoms with Gasteiger partial charge in [0.15, 0.2) is 0 Å². The smallest absolute Gasteiger partial charge is 0.326 e. The van der Waals surface area contributed by atoms with Crippen LogP contribution in [-0.2, 0) is 11.2 Å². The summed E-state index contributed by atoms with van der Waals surface area (Å²) in [7, 11) is 1.50. The van der Waals surface area contributed by atoms with E-state index in [4.69, 9.17) is 5.11 Å². The monoisotopic (exact) mass is 276 g/mol. The van der Waals surface area contributed by atoms with E-state index in [-0.39, 0.29) is 12.1 Å². The maximum absolute atomic E-state index is 12.1. The van der Waals surface area contributed by atoms with Gasteiger partial charge >= 0.3 is 12.0 Å². The molecule has 0 heterocycles. The predicted octanol–water partition coefficient (Wildman–Crippen LogP) is 2.18. The van der Waals surface area contributed by atoms with Gasteiger partial charge in [-0.25, -0.2) is 9.59 Å². The van der Waals surface area contributed by atoms with Crippen molar-refractivity contribution in [1.29, 1.82) is 0 Å². The molecule has 0 aliphatic heterocycles. The molecule has 0 saturated heterocycles. The average Bonchev–Trinajstić information content (AvgIpc) is 2.46. The maximum Gasteiger partial charge on any atom is 0.326 e. The Morgan fingerprint density at radius 2 is 2.10 bits per heavy atom. The van der Waals surface area contributed by atoms with Gasteiger partial charge in [0.2, 0.25) is 0 Å². The van der Waals surface area contributed by atoms with Crippen molar-refractivity contribution in [1.82, 2.24) is 10.2 Å². The van der Waals surface area contributed by atoms with Gasteiger partial charge in [0.1, 0.15) is 6.04 Å². The van der Waals surface area contributed by atoms with Crippen LogP contribution in [0.25, 0.3) is 0 Å². The molecule has 0 bridgehead atoms. The first-order valence-corrected chi connectivity index (χ1v) is 6.84. The van der Waals surface area contributed by atoms with Crippen LogP contribution >= 0.6 is 0 Å². The molecule has 2 rings (SSSR count). The topological polar surface area (TPSA) is 69.6 Å². The Labute approximate surface area is 118 Å². The zero-order valence-electron chi connectivity index (χ0n) is 11.8. The van der Waals surface area contributed by atoms with E-state index in [0.29, 0.717) is 0 Å². The molecule has 2 N–H and O–H groups in total. The van der Waals surface area contributed by atoms with Crippen molar-refractivity contribution in [3.8, 4) is 0 Å². The summed E-state index contributed by atoms with van der Waals surface area (Å²) >= 11 is 0. The van der Waals surface area contributed by atoms with E-state index in [0.717, 1.165) is 24.8 Å². The van der Waals surface area contributed by atoms with Crippen LogP contribution in [0, 0.1) is 0 Å². The zero-order chi connectivity index (χ0) is 14.7. The molecule has 20 heavy (non-hydrogen) atoms. The van der Waals surface area contributed by atoms with Gasteiger partial charge < -0.3 is 15.3 Å². The molecule has 2 amide bonds. The van der Waals surface area contributed by atoms with Crippen molar-refractivity contribution >= 4 is 12.0 Å². The van der Waals surface area contributed by atoms with Crippen LogP contribution in [0.2, 0.25) is 0 Å². The number of carbonyl (C=O) groups excluding carboxylic acids is 1. The summed E-state index contributed by atoms with van der Waals surface area (Å²) < 4.78 is 0. The minimum Gasteiger partial charge on any atom is -0.480 e. The highest BCUT2D eigenvalue weighted by molar-refractivity contribution is 5.82. The van der Waals surface area contributed by atoms with Crippen molar-refractivity contribution in [2.24, 2.45) is 0 Å². The van der Waals surface area contributed by atoms with Gasteiger partial charge in [-0.2, -0.15) is 0 Å². The lowest BCUT2D eigenvalue weighted by Gasteiger charge is -2.29. The molecule has 1 aromatic rings. The van der Waals surface area contributed by atoms with E-state index < -0.39 is 12.0 Å². The highest BCUT2D eigenvalue weighted by Gasteiger charge is 2.26. The van der Waals surface area contributed by atoms with Crippen LogP contribution in [0.1, 0.15) is 36.9 Å². The highest BCUT2D eigenvalue weighted by Crippen LogP contribution is 2.29. The predicted molar refractivity (Wildman–Crippen MR) is 75.5 cm³/mol. The Balaban J connectivity index is 2.08. The molecular weight excluding hydrogens is 256 g/mol. The quantitative estimate of drug-likeness (QED) is 0.889. The van der Waals surface area contributed by atoms with E-state index in [9.17, 15) is 9.59 Å². The van der Waals surface area contributed by atoms with Gasteiger partial charge in [0, 0.05) is 7.05 Å². The van der Waals surface area contributed by atoms with Crippen LogP contribution in [0.5, 0.6) is 0 Å². The number of aliphatic carboxylic acids is 1. The molecule has 2 unspecified atom stereocenters. The normalized spacial score (nSPS) is 18.8. The summed E-state index contributed by atoms with van der Waals surface area (Å²) in [6.07, 6.45) is 2.95. The number of carbonyl (C=O) groups is 2. The van der Waals surface area contributed by atoms with Gasteiger partial charge in [-0.3, -0.25) is 0 Å². The van der Waals surface area contributed by atoms with E-state index in [1.807, 2.05) is 18.2 Å². The third-order valence-electron chi connectivity index (χ3n) is 3.93. The molecule has 1 aromatic carbocycles. The lowest BCUT2D eigenvalue weighted by atomic mass is 9.88. The third kappa shape index (κ3) is 2.92. The highest BCUT2D eigenvalue weighted by atomic mass is 16.4. The second-order valence-corrected chi connectivity index (χ2v) is 5.22. The van der Waals surface area contributed by atoms with Crippen LogP contribution in [-0.4, -0.2) is 35.1 Å². The molecule has 2 atom stereocenters. The van der Waals surface area contributed by atoms with E-state index >= 15 is 0 Å². The molecule has 0 fully saturated rings. The second kappa shape index (κ2) is 5.94. The number of benzene rings is 1. The Kier molecular flexibility index (Phi) is 4.27. The molecule has 1 aliphatic rings. The summed E-state index contributed by atoms with van der Waals surface area (Å²) in [6, 6.07) is 6.86. The first kappa shape index (κ1) is 14.4. The number of amides is 2. The van der Waals surface area contributed by atoms with Crippen LogP contribution < -0.4 is 5.32 Å². The fourth-order valence-electron chi connectivity index (χ4n) is 2.50. The molecule has 0 aromatic heterocycles. The van der Waals surface area contributed by atoms with Crippen LogP contribution in [0.4, 0.5) is 4.79 Å². The number of urea groups is 1. The number of nitrogens with zero attached hydrogens (tertiary/aromatic N) is 1. The van der Waals surface area contributed by atoms with Crippen LogP contribution in [0.3, 0.4) is 0 Å². The van der Waals surface area contributed by atoms with E-state index in [1.165, 1.54) is 24.4 Å². The standard InChI is InChI=1S/C15H20N2O3/c1-10(14(18)19)17(2)15(20)16-13-9-5-7-11-6-3-4-8-12(11)13/h3-4,6,8,10,13H,5,7,9H2,1-2H3,(H,16,20)(H,18,19). The molecule has 0 radical (unpaired) electrons. The maximum atomic E-state index is 12.1. The van der Waals surface area contributed by atoms with Crippen molar-refractivity contribution in [2.75, 3.05) is 7.05 Å². The zero-order valence-corrected chi connectivity index (χ0v) is 11.8. The SMILES string of the molecule is CC(C(=O)O)N(C)C(=O)NC1CCCc2ccccc21. The summed E-state index contributed by atoms with van der Waals surface area (Å²) in [5, 5.41) is 11.9. The molecular formula is C15H20N2O3. The summed E-state index contributed by atoms with van der Waals surface area (Å²) in [5.41, 5.74) is 2.40. The lowest BCUT2D eigenvalue weighted by molar-refractivity contribution is -0.141. The van der Waals surface area contributed by atoms with Gasteiger partial charge in [-0.1, -0.05) is 24.3 Å². The van der Waals surface area contributed by atoms with Gasteiger partial charge in [-0.15, -0.1) is 0 Å². The first-order chi connectivity index (χ1) is 9.50. The van der Waals surface area contributed by atoms with Gasteiger partial charge in [0.05, 0.1) is 6.04 Å². The molecule has 5 heteroatoms. The van der Waals surface area contributed by atoms with Crippen molar-refractivity contribution < 1.29 is 14.7 Å². The van der Waals surface area contributed by atoms with Crippen molar-refractivity contribution in [3.63, 3.8) is 0 Å². The first-order valence-electron chi connectivity index (χ1n) is 6.84. The number of rotatable bonds is 3. The van der Waals surface area contributed by atoms with Crippen LogP contribution in [0.15, 0.2) is 24.3 Å². The fourth-order valence-corrected chi connectivity index (χ4v) is 2.50. The molecule has 1 aliphatic carbocycles. The second-order valence-electron chi connectivity index (χ2n) is 5.22. The van der Waals surface area contributed by atoms with Gasteiger partial charge in [0.25, 0.3) is 0 Å². The number of nitrogens with one attached hydrogen (secondary N) is 1. The minimum absolute atomic E-state index is 0.0316. The lowest BCUT2D eigenvalue weighted by Crippen LogP contribution is -2.47. The number of carboxylic acids is 1. The number of hydrogen-bond acceptors (Lipinski definition) is 2. The summed E-state index contributed by atoms with van der Waals surface area (Å²) in [5.74, 6) is -1.01. The van der Waals surface area contributed by atoms with Crippen molar-refractivity contribution in [3.05, 3.63) is 35.4 Å². The largest absolute Gasteiger partial charge is 0.480 e. The molecule has 108 valence electrons. The molecule has 5 nitrogen and oxygen atoms in total. The third-order valence-corrected chi connectivity index (χ3v) is 3.93. The van der Waals surface area contributed by atoms with E-state index in [2.05, 4.69) is 11.4 Å². The summed E-state index contributed by atoms with van der Waals surface area (Å²) in [4.78, 5) is 24.3. The Bertz CT molecular complexity index is 516. The number of likely N-dealkylation sites (N-methyl/N-ethyl adjacent to an activating group) is 1. The number of hydrogen-bond donors (Lipinski definition) is 2. The minimum atomic E-state index is -1.01. The van der Waals surface area contributed by atoms with Crippen molar-refractivity contribution in [2.45, 2.75) is 38.3 Å². The molecule has 0 spiro atoms. The van der Waals surface area contributed by atoms with E-state index in [1.54, 1.807) is 0 Å². The Hall–Kier alpha value is -2.04. The van der Waals surface area contributed by atoms with Gasteiger partial charge in [-0.05, 0) is 37.3 Å². The Morgan fingerprint density at radius 3 is 2.80 bits per heavy atom. The number of carboxylic acid groups (broad SMARTS) is 1. The molecule has 0 saturated carbocycles. The average molecular weight is 276 g/mol. The Morgan fingerprint density at radius 1 is 1.40 bits per heavy atom. The summed E-state index contributed by atoms with van der Waals surface area (Å²) in [6.45, 7) is 1.50. The number of fused-ring (bicyclic) bond motifs is 1.